The van der Waals surface area contributed by atoms with E-state index in [9.17, 15) is 4.79 Å². The van der Waals surface area contributed by atoms with Crippen LogP contribution in [0.25, 0.3) is 11.5 Å². The number of amides is 1. The maximum absolute atomic E-state index is 12.3. The first-order valence-electron chi connectivity index (χ1n) is 8.51. The monoisotopic (exact) mass is 327 g/mol. The molecule has 0 atom stereocenters. The van der Waals surface area contributed by atoms with Crippen LogP contribution in [0.2, 0.25) is 0 Å². The smallest absolute Gasteiger partial charge is 0.258 e. The van der Waals surface area contributed by atoms with Crippen molar-refractivity contribution < 1.29 is 9.32 Å². The second-order valence-electron chi connectivity index (χ2n) is 6.49. The summed E-state index contributed by atoms with van der Waals surface area (Å²) in [6.07, 6.45) is 4.85. The summed E-state index contributed by atoms with van der Waals surface area (Å²) in [6, 6.07) is 3.85. The zero-order valence-corrected chi connectivity index (χ0v) is 13.8. The summed E-state index contributed by atoms with van der Waals surface area (Å²) in [5, 5.41) is 3.84. The van der Waals surface area contributed by atoms with Gasteiger partial charge in [0.2, 0.25) is 5.91 Å². The highest BCUT2D eigenvalue weighted by molar-refractivity contribution is 5.81. The molecule has 2 aromatic rings. The Hall–Kier alpha value is -2.44. The molecule has 126 valence electrons. The topological polar surface area (TPSA) is 75.4 Å². The normalized spacial score (nSPS) is 18.5. The SMILES string of the molecule is Cc1noc(-c2ccnc(N3CCCN(C(=O)C4CC4)CC3)c2)n1. The number of carbonyl (C=O) groups is 1. The molecule has 0 bridgehead atoms. The molecule has 4 rings (SSSR count). The number of pyridine rings is 1. The molecule has 0 radical (unpaired) electrons. The van der Waals surface area contributed by atoms with Crippen LogP contribution in [-0.2, 0) is 4.79 Å². The van der Waals surface area contributed by atoms with Gasteiger partial charge in [-0.2, -0.15) is 4.98 Å². The standard InChI is InChI=1S/C17H21N5O2/c1-12-19-16(24-20-12)14-5-6-18-15(11-14)21-7-2-8-22(10-9-21)17(23)13-3-4-13/h5-6,11,13H,2-4,7-10H2,1H3. The Bertz CT molecular complexity index is 740. The Labute approximate surface area is 140 Å². The number of nitrogens with zero attached hydrogens (tertiary/aromatic N) is 5. The maximum atomic E-state index is 12.3. The van der Waals surface area contributed by atoms with E-state index in [0.29, 0.717) is 23.5 Å². The summed E-state index contributed by atoms with van der Waals surface area (Å²) < 4.78 is 5.24. The molecule has 1 aliphatic heterocycles. The fourth-order valence-corrected chi connectivity index (χ4v) is 3.09. The van der Waals surface area contributed by atoms with E-state index in [0.717, 1.165) is 56.8 Å². The van der Waals surface area contributed by atoms with Gasteiger partial charge in [0.05, 0.1) is 0 Å². The van der Waals surface area contributed by atoms with Gasteiger partial charge in [0.25, 0.3) is 5.89 Å². The van der Waals surface area contributed by atoms with Crippen molar-refractivity contribution >= 4 is 11.7 Å². The van der Waals surface area contributed by atoms with Crippen molar-refractivity contribution in [2.75, 3.05) is 31.1 Å². The Morgan fingerprint density at radius 3 is 2.88 bits per heavy atom. The van der Waals surface area contributed by atoms with Crippen LogP contribution in [0.3, 0.4) is 0 Å². The summed E-state index contributed by atoms with van der Waals surface area (Å²) in [6.45, 7) is 5.11. The van der Waals surface area contributed by atoms with Crippen molar-refractivity contribution in [3.8, 4) is 11.5 Å². The first-order chi connectivity index (χ1) is 11.7. The Kier molecular flexibility index (Phi) is 3.92. The highest BCUT2D eigenvalue weighted by Crippen LogP contribution is 2.31. The highest BCUT2D eigenvalue weighted by Gasteiger charge is 2.34. The van der Waals surface area contributed by atoms with E-state index >= 15 is 0 Å². The highest BCUT2D eigenvalue weighted by atomic mass is 16.5. The fourth-order valence-electron chi connectivity index (χ4n) is 3.09. The van der Waals surface area contributed by atoms with Crippen molar-refractivity contribution in [2.24, 2.45) is 5.92 Å². The van der Waals surface area contributed by atoms with E-state index < -0.39 is 0 Å². The van der Waals surface area contributed by atoms with Crippen LogP contribution in [0.15, 0.2) is 22.9 Å². The van der Waals surface area contributed by atoms with Crippen molar-refractivity contribution in [1.29, 1.82) is 0 Å². The third-order valence-electron chi connectivity index (χ3n) is 4.58. The zero-order valence-electron chi connectivity index (χ0n) is 13.8. The lowest BCUT2D eigenvalue weighted by Crippen LogP contribution is -2.36. The molecule has 7 heteroatoms. The Balaban J connectivity index is 1.48. The van der Waals surface area contributed by atoms with Crippen molar-refractivity contribution in [2.45, 2.75) is 26.2 Å². The second-order valence-corrected chi connectivity index (χ2v) is 6.49. The summed E-state index contributed by atoms with van der Waals surface area (Å²) in [4.78, 5) is 25.3. The minimum atomic E-state index is 0.291. The fraction of sp³-hybridized carbons (Fsp3) is 0.529. The molecule has 0 spiro atoms. The number of aromatic nitrogens is 3. The number of aryl methyl sites for hydroxylation is 1. The van der Waals surface area contributed by atoms with E-state index in [1.165, 1.54) is 0 Å². The molecule has 3 heterocycles. The molecule has 1 aliphatic carbocycles. The van der Waals surface area contributed by atoms with Gasteiger partial charge in [0.15, 0.2) is 5.82 Å². The van der Waals surface area contributed by atoms with Crippen molar-refractivity contribution in [1.82, 2.24) is 20.0 Å². The number of carbonyl (C=O) groups excluding carboxylic acids is 1. The van der Waals surface area contributed by atoms with Gasteiger partial charge in [0, 0.05) is 43.9 Å². The van der Waals surface area contributed by atoms with E-state index in [1.54, 1.807) is 13.1 Å². The lowest BCUT2D eigenvalue weighted by atomic mass is 10.2. The lowest BCUT2D eigenvalue weighted by molar-refractivity contribution is -0.132. The van der Waals surface area contributed by atoms with Gasteiger partial charge in [-0.3, -0.25) is 4.79 Å². The van der Waals surface area contributed by atoms with Crippen LogP contribution in [0.5, 0.6) is 0 Å². The molecule has 24 heavy (non-hydrogen) atoms. The molecule has 0 unspecified atom stereocenters. The van der Waals surface area contributed by atoms with Gasteiger partial charge in [-0.25, -0.2) is 4.98 Å². The lowest BCUT2D eigenvalue weighted by Gasteiger charge is -2.23. The van der Waals surface area contributed by atoms with E-state index in [-0.39, 0.29) is 0 Å². The van der Waals surface area contributed by atoms with Crippen LogP contribution < -0.4 is 4.90 Å². The maximum Gasteiger partial charge on any atom is 0.258 e. The summed E-state index contributed by atoms with van der Waals surface area (Å²) in [7, 11) is 0. The Morgan fingerprint density at radius 2 is 2.12 bits per heavy atom. The molecule has 0 N–H and O–H groups in total. The van der Waals surface area contributed by atoms with Crippen molar-refractivity contribution in [3.63, 3.8) is 0 Å². The van der Waals surface area contributed by atoms with Gasteiger partial charge in [-0.1, -0.05) is 5.16 Å². The molecule has 2 aliphatic rings. The van der Waals surface area contributed by atoms with E-state index in [4.69, 9.17) is 4.52 Å². The van der Waals surface area contributed by atoms with Gasteiger partial charge in [-0.05, 0) is 38.3 Å². The minimum absolute atomic E-state index is 0.291. The van der Waals surface area contributed by atoms with Gasteiger partial charge in [0.1, 0.15) is 5.82 Å². The van der Waals surface area contributed by atoms with E-state index in [1.807, 2.05) is 17.0 Å². The predicted molar refractivity (Wildman–Crippen MR) is 88.4 cm³/mol. The summed E-state index contributed by atoms with van der Waals surface area (Å²) >= 11 is 0. The first kappa shape index (κ1) is 15.1. The van der Waals surface area contributed by atoms with Crippen LogP contribution >= 0.6 is 0 Å². The molecule has 0 aromatic carbocycles. The minimum Gasteiger partial charge on any atom is -0.355 e. The largest absolute Gasteiger partial charge is 0.355 e. The summed E-state index contributed by atoms with van der Waals surface area (Å²) in [5.74, 6) is 2.65. The van der Waals surface area contributed by atoms with Crippen LogP contribution in [-0.4, -0.2) is 52.1 Å². The molecule has 1 saturated heterocycles. The summed E-state index contributed by atoms with van der Waals surface area (Å²) in [5.41, 5.74) is 0.871. The zero-order chi connectivity index (χ0) is 16.5. The molecule has 7 nitrogen and oxygen atoms in total. The quantitative estimate of drug-likeness (QED) is 0.857. The van der Waals surface area contributed by atoms with E-state index in [2.05, 4.69) is 20.0 Å². The molecule has 2 fully saturated rings. The second kappa shape index (κ2) is 6.22. The first-order valence-corrected chi connectivity index (χ1v) is 8.51. The third-order valence-corrected chi connectivity index (χ3v) is 4.58. The van der Waals surface area contributed by atoms with Gasteiger partial charge in [-0.15, -0.1) is 0 Å². The number of rotatable bonds is 3. The third kappa shape index (κ3) is 3.11. The van der Waals surface area contributed by atoms with Gasteiger partial charge >= 0.3 is 0 Å². The number of hydrogen-bond acceptors (Lipinski definition) is 6. The van der Waals surface area contributed by atoms with Crippen LogP contribution in [0.1, 0.15) is 25.1 Å². The molecule has 2 aromatic heterocycles. The molecule has 1 amide bonds. The average Bonchev–Trinajstić information content (AvgIpc) is 3.39. The van der Waals surface area contributed by atoms with Crippen molar-refractivity contribution in [3.05, 3.63) is 24.2 Å². The number of hydrogen-bond donors (Lipinski definition) is 0. The number of anilines is 1. The molecule has 1 saturated carbocycles. The Morgan fingerprint density at radius 1 is 1.25 bits per heavy atom. The van der Waals surface area contributed by atoms with Crippen LogP contribution in [0, 0.1) is 12.8 Å². The van der Waals surface area contributed by atoms with Gasteiger partial charge < -0.3 is 14.3 Å². The predicted octanol–water partition coefficient (Wildman–Crippen LogP) is 1.89. The molecular weight excluding hydrogens is 306 g/mol. The molecular formula is C17H21N5O2. The average molecular weight is 327 g/mol. The van der Waals surface area contributed by atoms with Crippen LogP contribution in [0.4, 0.5) is 5.82 Å².